The summed E-state index contributed by atoms with van der Waals surface area (Å²) < 4.78 is 6.63. The minimum Gasteiger partial charge on any atom is -0.493 e. The molecule has 1 aliphatic heterocycles. The fourth-order valence-electron chi connectivity index (χ4n) is 2.68. The van der Waals surface area contributed by atoms with Gasteiger partial charge in [-0.05, 0) is 50.9 Å². The van der Waals surface area contributed by atoms with Crippen LogP contribution >= 0.6 is 15.9 Å². The van der Waals surface area contributed by atoms with Crippen LogP contribution in [0.2, 0.25) is 0 Å². The maximum atomic E-state index is 11.0. The Morgan fingerprint density at radius 1 is 1.45 bits per heavy atom. The molecule has 1 aromatic rings. The molecule has 1 aromatic carbocycles. The fraction of sp³-hybridized carbons (Fsp3) is 0.562. The van der Waals surface area contributed by atoms with Crippen molar-refractivity contribution in [2.45, 2.75) is 38.6 Å². The largest absolute Gasteiger partial charge is 0.493 e. The third kappa shape index (κ3) is 4.32. The van der Waals surface area contributed by atoms with Gasteiger partial charge in [0.1, 0.15) is 5.75 Å². The summed E-state index contributed by atoms with van der Waals surface area (Å²) in [6.07, 6.45) is 5.82. The first-order valence-corrected chi connectivity index (χ1v) is 8.11. The Morgan fingerprint density at radius 3 is 3.05 bits per heavy atom. The van der Waals surface area contributed by atoms with Crippen molar-refractivity contribution >= 4 is 22.2 Å². The smallest absolute Gasteiger partial charge is 0.153 e. The lowest BCUT2D eigenvalue weighted by Crippen LogP contribution is -2.38. The van der Waals surface area contributed by atoms with Gasteiger partial charge in [-0.25, -0.2) is 0 Å². The molecule has 0 N–H and O–H groups in total. The second-order valence-electron chi connectivity index (χ2n) is 5.38. The van der Waals surface area contributed by atoms with Crippen LogP contribution in [0.3, 0.4) is 0 Å². The molecule has 0 amide bonds. The number of nitrogens with zero attached hydrogens (tertiary/aromatic N) is 1. The standard InChI is InChI=1S/C16H22BrNO2/c1-13-5-2-3-8-18(13)9-4-10-20-16-7-6-15(17)11-14(16)12-19/h6-7,11-13H,2-5,8-10H2,1H3. The van der Waals surface area contributed by atoms with Gasteiger partial charge in [0.25, 0.3) is 0 Å². The number of likely N-dealkylation sites (tertiary alicyclic amines) is 1. The SMILES string of the molecule is CC1CCCCN1CCCOc1ccc(Br)cc1C=O. The van der Waals surface area contributed by atoms with E-state index in [9.17, 15) is 4.79 Å². The van der Waals surface area contributed by atoms with E-state index in [2.05, 4.69) is 27.8 Å². The highest BCUT2D eigenvalue weighted by molar-refractivity contribution is 9.10. The van der Waals surface area contributed by atoms with Crippen molar-refractivity contribution < 1.29 is 9.53 Å². The van der Waals surface area contributed by atoms with Crippen molar-refractivity contribution in [3.63, 3.8) is 0 Å². The van der Waals surface area contributed by atoms with Crippen LogP contribution in [-0.2, 0) is 0 Å². The van der Waals surface area contributed by atoms with Gasteiger partial charge in [-0.3, -0.25) is 4.79 Å². The number of piperidine rings is 1. The first-order valence-electron chi connectivity index (χ1n) is 7.32. The Hall–Kier alpha value is -0.870. The van der Waals surface area contributed by atoms with Crippen LogP contribution in [0.1, 0.15) is 43.0 Å². The Morgan fingerprint density at radius 2 is 2.30 bits per heavy atom. The summed E-state index contributed by atoms with van der Waals surface area (Å²) in [6, 6.07) is 6.23. The molecule has 0 saturated carbocycles. The van der Waals surface area contributed by atoms with E-state index >= 15 is 0 Å². The summed E-state index contributed by atoms with van der Waals surface area (Å²) in [6.45, 7) is 5.25. The number of aldehydes is 1. The number of benzene rings is 1. The van der Waals surface area contributed by atoms with Crippen LogP contribution in [0.25, 0.3) is 0 Å². The first-order chi connectivity index (χ1) is 9.70. The molecule has 2 rings (SSSR count). The third-order valence-electron chi connectivity index (χ3n) is 3.89. The summed E-state index contributed by atoms with van der Waals surface area (Å²) in [5.41, 5.74) is 0.603. The molecule has 1 atom stereocenters. The molecule has 1 heterocycles. The van der Waals surface area contributed by atoms with Gasteiger partial charge in [-0.15, -0.1) is 0 Å². The van der Waals surface area contributed by atoms with Gasteiger partial charge >= 0.3 is 0 Å². The van der Waals surface area contributed by atoms with E-state index in [0.29, 0.717) is 24.0 Å². The number of ether oxygens (including phenoxy) is 1. The van der Waals surface area contributed by atoms with Crippen LogP contribution in [0.4, 0.5) is 0 Å². The van der Waals surface area contributed by atoms with Crippen molar-refractivity contribution in [2.75, 3.05) is 19.7 Å². The van der Waals surface area contributed by atoms with Gasteiger partial charge < -0.3 is 9.64 Å². The summed E-state index contributed by atoms with van der Waals surface area (Å²) in [4.78, 5) is 13.5. The van der Waals surface area contributed by atoms with Crippen LogP contribution in [0.15, 0.2) is 22.7 Å². The third-order valence-corrected chi connectivity index (χ3v) is 4.38. The zero-order valence-electron chi connectivity index (χ0n) is 12.0. The fourth-order valence-corrected chi connectivity index (χ4v) is 3.06. The highest BCUT2D eigenvalue weighted by Gasteiger charge is 2.17. The zero-order valence-corrected chi connectivity index (χ0v) is 13.6. The van der Waals surface area contributed by atoms with Crippen molar-refractivity contribution in [3.8, 4) is 5.75 Å². The quantitative estimate of drug-likeness (QED) is 0.581. The normalized spacial score (nSPS) is 19.8. The Bertz CT molecular complexity index is 450. The molecule has 3 nitrogen and oxygen atoms in total. The number of hydrogen-bond acceptors (Lipinski definition) is 3. The molecule has 4 heteroatoms. The molecule has 20 heavy (non-hydrogen) atoms. The van der Waals surface area contributed by atoms with Crippen LogP contribution < -0.4 is 4.74 Å². The molecule has 0 radical (unpaired) electrons. The van der Waals surface area contributed by atoms with Crippen LogP contribution in [0, 0.1) is 0 Å². The van der Waals surface area contributed by atoms with Crippen molar-refractivity contribution in [3.05, 3.63) is 28.2 Å². The number of hydrogen-bond donors (Lipinski definition) is 0. The molecule has 0 aromatic heterocycles. The summed E-state index contributed by atoms with van der Waals surface area (Å²) >= 11 is 3.36. The van der Waals surface area contributed by atoms with Gasteiger partial charge in [0, 0.05) is 17.1 Å². The van der Waals surface area contributed by atoms with Gasteiger partial charge in [-0.2, -0.15) is 0 Å². The van der Waals surface area contributed by atoms with E-state index in [1.54, 1.807) is 6.07 Å². The molecule has 1 aliphatic rings. The van der Waals surface area contributed by atoms with E-state index in [1.807, 2.05) is 12.1 Å². The Balaban J connectivity index is 1.77. The highest BCUT2D eigenvalue weighted by Crippen LogP contribution is 2.22. The van der Waals surface area contributed by atoms with Gasteiger partial charge in [0.05, 0.1) is 12.2 Å². The molecular weight excluding hydrogens is 318 g/mol. The first kappa shape index (κ1) is 15.5. The second-order valence-corrected chi connectivity index (χ2v) is 6.30. The lowest BCUT2D eigenvalue weighted by atomic mass is 10.0. The topological polar surface area (TPSA) is 29.5 Å². The molecule has 1 unspecified atom stereocenters. The molecule has 0 aliphatic carbocycles. The molecule has 110 valence electrons. The molecule has 1 fully saturated rings. The Kier molecular flexibility index (Phi) is 6.05. The summed E-state index contributed by atoms with van der Waals surface area (Å²) in [5.74, 6) is 0.676. The van der Waals surface area contributed by atoms with Crippen LogP contribution in [0.5, 0.6) is 5.75 Å². The maximum Gasteiger partial charge on any atom is 0.153 e. The van der Waals surface area contributed by atoms with Crippen LogP contribution in [-0.4, -0.2) is 36.9 Å². The number of carbonyl (C=O) groups excluding carboxylic acids is 1. The number of halogens is 1. The van der Waals surface area contributed by atoms with E-state index in [1.165, 1.54) is 25.8 Å². The average molecular weight is 340 g/mol. The van der Waals surface area contributed by atoms with E-state index in [0.717, 1.165) is 23.7 Å². The minimum atomic E-state index is 0.603. The molecular formula is C16H22BrNO2. The van der Waals surface area contributed by atoms with E-state index in [4.69, 9.17) is 4.74 Å². The summed E-state index contributed by atoms with van der Waals surface area (Å²) in [7, 11) is 0. The predicted octanol–water partition coefficient (Wildman–Crippen LogP) is 3.90. The predicted molar refractivity (Wildman–Crippen MR) is 84.5 cm³/mol. The van der Waals surface area contributed by atoms with E-state index < -0.39 is 0 Å². The number of carbonyl (C=O) groups is 1. The van der Waals surface area contributed by atoms with Gasteiger partial charge in [0.15, 0.2) is 6.29 Å². The highest BCUT2D eigenvalue weighted by atomic mass is 79.9. The minimum absolute atomic E-state index is 0.603. The monoisotopic (exact) mass is 339 g/mol. The van der Waals surface area contributed by atoms with Gasteiger partial charge in [-0.1, -0.05) is 22.4 Å². The van der Waals surface area contributed by atoms with Crippen molar-refractivity contribution in [1.29, 1.82) is 0 Å². The number of rotatable bonds is 6. The molecule has 0 bridgehead atoms. The molecule has 0 spiro atoms. The van der Waals surface area contributed by atoms with Crippen molar-refractivity contribution in [2.24, 2.45) is 0 Å². The van der Waals surface area contributed by atoms with Gasteiger partial charge in [0.2, 0.25) is 0 Å². The lowest BCUT2D eigenvalue weighted by Gasteiger charge is -2.33. The zero-order chi connectivity index (χ0) is 14.4. The molecule has 1 saturated heterocycles. The maximum absolute atomic E-state index is 11.0. The summed E-state index contributed by atoms with van der Waals surface area (Å²) in [5, 5.41) is 0. The second kappa shape index (κ2) is 7.79. The lowest BCUT2D eigenvalue weighted by molar-refractivity contribution is 0.111. The average Bonchev–Trinajstić information content (AvgIpc) is 2.46. The Labute approximate surface area is 129 Å². The van der Waals surface area contributed by atoms with Crippen molar-refractivity contribution in [1.82, 2.24) is 4.90 Å². The van der Waals surface area contributed by atoms with E-state index in [-0.39, 0.29) is 0 Å².